The summed E-state index contributed by atoms with van der Waals surface area (Å²) < 4.78 is 0. The predicted molar refractivity (Wildman–Crippen MR) is 102 cm³/mol. The van der Waals surface area contributed by atoms with Crippen molar-refractivity contribution in [2.24, 2.45) is 5.92 Å². The third kappa shape index (κ3) is 2.42. The number of aromatic amines is 1. The molecule has 0 bridgehead atoms. The van der Waals surface area contributed by atoms with Crippen LogP contribution in [0, 0.1) is 5.92 Å². The molecule has 0 amide bonds. The maximum Gasteiger partial charge on any atom is 0.272 e. The third-order valence-corrected chi connectivity index (χ3v) is 6.03. The molecule has 5 heteroatoms. The van der Waals surface area contributed by atoms with Crippen LogP contribution >= 0.6 is 0 Å². The molecule has 1 saturated carbocycles. The van der Waals surface area contributed by atoms with Crippen molar-refractivity contribution in [2.45, 2.75) is 44.1 Å². The zero-order valence-corrected chi connectivity index (χ0v) is 14.6. The smallest absolute Gasteiger partial charge is 0.272 e. The lowest BCUT2D eigenvalue weighted by atomic mass is 9.71. The molecular weight excluding hydrogens is 324 g/mol. The molecule has 2 atom stereocenters. The normalized spacial score (nSPS) is 22.9. The lowest BCUT2D eigenvalue weighted by Gasteiger charge is -2.40. The van der Waals surface area contributed by atoms with Crippen molar-refractivity contribution in [3.63, 3.8) is 0 Å². The predicted octanol–water partition coefficient (Wildman–Crippen LogP) is 4.15. The fraction of sp³-hybridized carbons (Fsp3) is 0.381. The van der Waals surface area contributed by atoms with Gasteiger partial charge >= 0.3 is 0 Å². The summed E-state index contributed by atoms with van der Waals surface area (Å²) in [5, 5.41) is 12.8. The van der Waals surface area contributed by atoms with E-state index < -0.39 is 0 Å². The Morgan fingerprint density at radius 2 is 1.92 bits per heavy atom. The fourth-order valence-corrected chi connectivity index (χ4v) is 4.86. The summed E-state index contributed by atoms with van der Waals surface area (Å²) in [7, 11) is 0. The van der Waals surface area contributed by atoms with Crippen LogP contribution < -0.4 is 10.9 Å². The Hall–Kier alpha value is -2.69. The molecule has 0 spiro atoms. The summed E-state index contributed by atoms with van der Waals surface area (Å²) in [5.74, 6) is 0.810. The van der Waals surface area contributed by atoms with E-state index in [1.165, 1.54) is 37.7 Å². The minimum absolute atomic E-state index is 0.116. The average Bonchev–Trinajstić information content (AvgIpc) is 2.71. The second-order valence-electron chi connectivity index (χ2n) is 7.50. The third-order valence-electron chi connectivity index (χ3n) is 6.03. The van der Waals surface area contributed by atoms with Crippen LogP contribution in [0.2, 0.25) is 0 Å². The van der Waals surface area contributed by atoms with Crippen molar-refractivity contribution in [1.29, 1.82) is 0 Å². The van der Waals surface area contributed by atoms with E-state index >= 15 is 0 Å². The van der Waals surface area contributed by atoms with Crippen molar-refractivity contribution in [3.8, 4) is 0 Å². The lowest BCUT2D eigenvalue weighted by Crippen LogP contribution is -2.32. The fourth-order valence-electron chi connectivity index (χ4n) is 4.86. The molecule has 5 rings (SSSR count). The number of pyridine rings is 1. The van der Waals surface area contributed by atoms with Crippen LogP contribution in [0.1, 0.15) is 55.3 Å². The molecule has 1 aliphatic carbocycles. The highest BCUT2D eigenvalue weighted by atomic mass is 16.1. The second-order valence-corrected chi connectivity index (χ2v) is 7.50. The molecule has 26 heavy (non-hydrogen) atoms. The summed E-state index contributed by atoms with van der Waals surface area (Å²) in [6.45, 7) is 0. The first-order chi connectivity index (χ1) is 12.8. The van der Waals surface area contributed by atoms with E-state index in [1.807, 2.05) is 36.7 Å². The van der Waals surface area contributed by atoms with Crippen molar-refractivity contribution >= 4 is 16.5 Å². The van der Waals surface area contributed by atoms with Gasteiger partial charge in [-0.2, -0.15) is 5.10 Å². The molecule has 132 valence electrons. The van der Waals surface area contributed by atoms with Crippen LogP contribution in [0.25, 0.3) is 10.8 Å². The molecule has 2 aromatic heterocycles. The van der Waals surface area contributed by atoms with Crippen LogP contribution in [-0.4, -0.2) is 15.2 Å². The SMILES string of the molecule is O=c1[nH]nc2c3c(cccc13)NC(c1cccnc1)C2C1CCCCC1. The highest BCUT2D eigenvalue weighted by molar-refractivity contribution is 5.96. The molecule has 3 aromatic rings. The van der Waals surface area contributed by atoms with E-state index in [1.54, 1.807) is 0 Å². The Balaban J connectivity index is 1.73. The van der Waals surface area contributed by atoms with Gasteiger partial charge in [0.15, 0.2) is 0 Å². The standard InChI is InChI=1S/C21H22N4O/c26-21-15-9-4-10-16-18(15)20(24-25-21)17(13-6-2-1-3-7-13)19(23-16)14-8-5-11-22-12-14/h4-5,8-13,17,19,23H,1-3,6-7H2,(H,25,26). The molecule has 3 heterocycles. The van der Waals surface area contributed by atoms with Crippen molar-refractivity contribution in [1.82, 2.24) is 15.2 Å². The molecule has 1 aliphatic heterocycles. The zero-order chi connectivity index (χ0) is 17.5. The Labute approximate surface area is 151 Å². The summed E-state index contributed by atoms with van der Waals surface area (Å²) in [6, 6.07) is 10.1. The molecule has 2 N–H and O–H groups in total. The number of benzene rings is 1. The molecule has 0 radical (unpaired) electrons. The summed E-state index contributed by atoms with van der Waals surface area (Å²) in [4.78, 5) is 16.6. The molecule has 2 unspecified atom stereocenters. The highest BCUT2D eigenvalue weighted by Crippen LogP contribution is 2.49. The first-order valence-electron chi connectivity index (χ1n) is 9.50. The molecule has 2 aliphatic rings. The topological polar surface area (TPSA) is 70.7 Å². The quantitative estimate of drug-likeness (QED) is 0.731. The van der Waals surface area contributed by atoms with Gasteiger partial charge in [-0.1, -0.05) is 31.4 Å². The second kappa shape index (κ2) is 6.24. The number of anilines is 1. The average molecular weight is 346 g/mol. The van der Waals surface area contributed by atoms with Gasteiger partial charge in [-0.25, -0.2) is 5.10 Å². The molecule has 1 aromatic carbocycles. The molecule has 5 nitrogen and oxygen atoms in total. The van der Waals surface area contributed by atoms with Gasteiger partial charge in [0.05, 0.1) is 17.1 Å². The Kier molecular flexibility index (Phi) is 3.73. The van der Waals surface area contributed by atoms with Crippen molar-refractivity contribution < 1.29 is 0 Å². The minimum atomic E-state index is -0.116. The molecule has 1 fully saturated rings. The molecule has 0 saturated heterocycles. The number of H-pyrrole nitrogens is 1. The van der Waals surface area contributed by atoms with Crippen molar-refractivity contribution in [3.05, 3.63) is 64.3 Å². The van der Waals surface area contributed by atoms with Crippen LogP contribution in [0.15, 0.2) is 47.5 Å². The Morgan fingerprint density at radius 3 is 2.73 bits per heavy atom. The van der Waals surface area contributed by atoms with Gasteiger partial charge in [0.1, 0.15) is 0 Å². The van der Waals surface area contributed by atoms with E-state index in [2.05, 4.69) is 26.6 Å². The summed E-state index contributed by atoms with van der Waals surface area (Å²) in [6.07, 6.45) is 10.1. The maximum absolute atomic E-state index is 12.3. The maximum atomic E-state index is 12.3. The first-order valence-corrected chi connectivity index (χ1v) is 9.50. The zero-order valence-electron chi connectivity index (χ0n) is 14.6. The van der Waals surface area contributed by atoms with Gasteiger partial charge in [-0.15, -0.1) is 0 Å². The van der Waals surface area contributed by atoms with Gasteiger partial charge in [0, 0.05) is 29.4 Å². The number of rotatable bonds is 2. The van der Waals surface area contributed by atoms with E-state index in [0.717, 1.165) is 22.2 Å². The number of nitrogens with one attached hydrogen (secondary N) is 2. The highest BCUT2D eigenvalue weighted by Gasteiger charge is 2.39. The number of hydrogen-bond acceptors (Lipinski definition) is 4. The Morgan fingerprint density at radius 1 is 1.04 bits per heavy atom. The van der Waals surface area contributed by atoms with Gasteiger partial charge in [0.2, 0.25) is 0 Å². The molecular formula is C21H22N4O. The lowest BCUT2D eigenvalue weighted by molar-refractivity contribution is 0.279. The first kappa shape index (κ1) is 15.6. The summed E-state index contributed by atoms with van der Waals surface area (Å²) in [5.41, 5.74) is 3.10. The van der Waals surface area contributed by atoms with Crippen LogP contribution in [0.3, 0.4) is 0 Å². The number of hydrogen-bond donors (Lipinski definition) is 2. The van der Waals surface area contributed by atoms with Crippen LogP contribution in [0.4, 0.5) is 5.69 Å². The van der Waals surface area contributed by atoms with Crippen LogP contribution in [0.5, 0.6) is 0 Å². The van der Waals surface area contributed by atoms with Crippen molar-refractivity contribution in [2.75, 3.05) is 5.32 Å². The van der Waals surface area contributed by atoms with Gasteiger partial charge in [-0.05, 0) is 42.5 Å². The summed E-state index contributed by atoms with van der Waals surface area (Å²) >= 11 is 0. The van der Waals surface area contributed by atoms with E-state index in [-0.39, 0.29) is 17.5 Å². The largest absolute Gasteiger partial charge is 0.377 e. The van der Waals surface area contributed by atoms with E-state index in [9.17, 15) is 4.79 Å². The minimum Gasteiger partial charge on any atom is -0.377 e. The number of nitrogens with zero attached hydrogens (tertiary/aromatic N) is 2. The van der Waals surface area contributed by atoms with Gasteiger partial charge < -0.3 is 5.32 Å². The number of aromatic nitrogens is 3. The monoisotopic (exact) mass is 346 g/mol. The Bertz CT molecular complexity index is 992. The van der Waals surface area contributed by atoms with Gasteiger partial charge in [-0.3, -0.25) is 9.78 Å². The van der Waals surface area contributed by atoms with E-state index in [0.29, 0.717) is 5.92 Å². The van der Waals surface area contributed by atoms with Crippen LogP contribution in [-0.2, 0) is 0 Å². The van der Waals surface area contributed by atoms with Gasteiger partial charge in [0.25, 0.3) is 5.56 Å². The van der Waals surface area contributed by atoms with E-state index in [4.69, 9.17) is 0 Å².